The molecule has 0 bridgehead atoms. The van der Waals surface area contributed by atoms with Gasteiger partial charge in [-0.2, -0.15) is 0 Å². The summed E-state index contributed by atoms with van der Waals surface area (Å²) in [5.41, 5.74) is 2.35. The van der Waals surface area contributed by atoms with Crippen LogP contribution in [0, 0.1) is 0 Å². The fourth-order valence-electron chi connectivity index (χ4n) is 1.67. The van der Waals surface area contributed by atoms with Gasteiger partial charge in [-0.3, -0.25) is 4.99 Å². The second-order valence-electron chi connectivity index (χ2n) is 4.11. The molecule has 2 nitrogen and oxygen atoms in total. The number of hydrogen-bond acceptors (Lipinski definition) is 2. The zero-order chi connectivity index (χ0) is 13.3. The largest absolute Gasteiger partial charge is 0.497 e. The van der Waals surface area contributed by atoms with Gasteiger partial charge >= 0.3 is 0 Å². The van der Waals surface area contributed by atoms with E-state index in [9.17, 15) is 0 Å². The highest BCUT2D eigenvalue weighted by Gasteiger charge is 1.91. The topological polar surface area (TPSA) is 21.6 Å². The lowest BCUT2D eigenvalue weighted by molar-refractivity contribution is 0.414. The van der Waals surface area contributed by atoms with Crippen molar-refractivity contribution in [3.8, 4) is 5.75 Å². The van der Waals surface area contributed by atoms with Gasteiger partial charge in [0.15, 0.2) is 0 Å². The monoisotopic (exact) mass is 251 g/mol. The molecule has 0 atom stereocenters. The SMILES string of the molecule is COc1ccc(CN=CC=Cc2ccccc2)cc1. The van der Waals surface area contributed by atoms with Crippen LogP contribution in [-0.2, 0) is 6.54 Å². The highest BCUT2D eigenvalue weighted by Crippen LogP contribution is 2.11. The van der Waals surface area contributed by atoms with Crippen molar-refractivity contribution in [3.05, 3.63) is 71.8 Å². The summed E-state index contributed by atoms with van der Waals surface area (Å²) in [6.45, 7) is 0.684. The van der Waals surface area contributed by atoms with Crippen molar-refractivity contribution in [1.29, 1.82) is 0 Å². The van der Waals surface area contributed by atoms with Crippen LogP contribution < -0.4 is 4.74 Å². The van der Waals surface area contributed by atoms with E-state index in [0.29, 0.717) is 6.54 Å². The van der Waals surface area contributed by atoms with Gasteiger partial charge in [0, 0.05) is 6.21 Å². The fraction of sp³-hybridized carbons (Fsp3) is 0.118. The van der Waals surface area contributed by atoms with E-state index in [4.69, 9.17) is 4.74 Å². The number of methoxy groups -OCH3 is 1. The Hall–Kier alpha value is -2.35. The third-order valence-electron chi connectivity index (χ3n) is 2.71. The van der Waals surface area contributed by atoms with E-state index in [1.165, 1.54) is 11.1 Å². The Morgan fingerprint density at radius 3 is 2.42 bits per heavy atom. The molecular weight excluding hydrogens is 234 g/mol. The maximum Gasteiger partial charge on any atom is 0.118 e. The first-order valence-corrected chi connectivity index (χ1v) is 6.23. The number of ether oxygens (including phenoxy) is 1. The molecule has 0 heterocycles. The van der Waals surface area contributed by atoms with Crippen LogP contribution in [0.2, 0.25) is 0 Å². The molecule has 0 aliphatic heterocycles. The van der Waals surface area contributed by atoms with E-state index < -0.39 is 0 Å². The van der Waals surface area contributed by atoms with Crippen LogP contribution >= 0.6 is 0 Å². The average molecular weight is 251 g/mol. The van der Waals surface area contributed by atoms with Crippen LogP contribution in [0.25, 0.3) is 6.08 Å². The van der Waals surface area contributed by atoms with Gasteiger partial charge in [0.25, 0.3) is 0 Å². The summed E-state index contributed by atoms with van der Waals surface area (Å²) in [5, 5.41) is 0. The molecule has 0 fully saturated rings. The van der Waals surface area contributed by atoms with Gasteiger partial charge in [-0.1, -0.05) is 48.5 Å². The lowest BCUT2D eigenvalue weighted by Gasteiger charge is -1.99. The molecule has 2 aromatic rings. The smallest absolute Gasteiger partial charge is 0.118 e. The number of aliphatic imine (C=N–C) groups is 1. The van der Waals surface area contributed by atoms with Crippen molar-refractivity contribution < 1.29 is 4.74 Å². The Morgan fingerprint density at radius 1 is 1.00 bits per heavy atom. The molecule has 2 heteroatoms. The van der Waals surface area contributed by atoms with Crippen molar-refractivity contribution in [2.24, 2.45) is 4.99 Å². The molecule has 0 aliphatic rings. The lowest BCUT2D eigenvalue weighted by atomic mass is 10.2. The van der Waals surface area contributed by atoms with E-state index in [2.05, 4.69) is 17.1 Å². The van der Waals surface area contributed by atoms with Crippen molar-refractivity contribution in [1.82, 2.24) is 0 Å². The minimum atomic E-state index is 0.684. The number of benzene rings is 2. The van der Waals surface area contributed by atoms with E-state index in [1.54, 1.807) is 7.11 Å². The second kappa shape index (κ2) is 7.17. The third kappa shape index (κ3) is 4.43. The van der Waals surface area contributed by atoms with Crippen LogP contribution in [0.15, 0.2) is 65.7 Å². The summed E-state index contributed by atoms with van der Waals surface area (Å²) in [7, 11) is 1.67. The quantitative estimate of drug-likeness (QED) is 0.736. The van der Waals surface area contributed by atoms with Crippen molar-refractivity contribution >= 4 is 12.3 Å². The molecule has 0 saturated carbocycles. The van der Waals surface area contributed by atoms with Gasteiger partial charge < -0.3 is 4.74 Å². The van der Waals surface area contributed by atoms with E-state index in [1.807, 2.05) is 60.8 Å². The van der Waals surface area contributed by atoms with E-state index in [0.717, 1.165) is 5.75 Å². The van der Waals surface area contributed by atoms with Gasteiger partial charge in [-0.25, -0.2) is 0 Å². The first kappa shape index (κ1) is 13.1. The standard InChI is InChI=1S/C17H17NO/c1-19-17-11-9-16(10-12-17)14-18-13-5-8-15-6-3-2-4-7-15/h2-13H,14H2,1H3. The molecule has 19 heavy (non-hydrogen) atoms. The molecule has 0 aliphatic carbocycles. The molecule has 0 spiro atoms. The second-order valence-corrected chi connectivity index (χ2v) is 4.11. The summed E-state index contributed by atoms with van der Waals surface area (Å²) < 4.78 is 5.11. The van der Waals surface area contributed by atoms with Gasteiger partial charge in [-0.15, -0.1) is 0 Å². The number of hydrogen-bond donors (Lipinski definition) is 0. The molecule has 2 aromatic carbocycles. The maximum absolute atomic E-state index is 5.11. The maximum atomic E-state index is 5.11. The molecule has 0 aromatic heterocycles. The van der Waals surface area contributed by atoms with Crippen molar-refractivity contribution in [2.45, 2.75) is 6.54 Å². The van der Waals surface area contributed by atoms with Crippen LogP contribution in [-0.4, -0.2) is 13.3 Å². The Balaban J connectivity index is 1.84. The van der Waals surface area contributed by atoms with Crippen LogP contribution in [0.4, 0.5) is 0 Å². The summed E-state index contributed by atoms with van der Waals surface area (Å²) in [5.74, 6) is 0.872. The Kier molecular flexibility index (Phi) is 4.94. The zero-order valence-electron chi connectivity index (χ0n) is 11.0. The first-order chi connectivity index (χ1) is 9.38. The van der Waals surface area contributed by atoms with Crippen molar-refractivity contribution in [3.63, 3.8) is 0 Å². The molecule has 96 valence electrons. The van der Waals surface area contributed by atoms with Crippen LogP contribution in [0.5, 0.6) is 5.75 Å². The number of rotatable bonds is 5. The Morgan fingerprint density at radius 2 is 1.74 bits per heavy atom. The number of nitrogens with zero attached hydrogens (tertiary/aromatic N) is 1. The lowest BCUT2D eigenvalue weighted by Crippen LogP contribution is -1.84. The van der Waals surface area contributed by atoms with Crippen LogP contribution in [0.3, 0.4) is 0 Å². The van der Waals surface area contributed by atoms with Gasteiger partial charge in [0.2, 0.25) is 0 Å². The van der Waals surface area contributed by atoms with Crippen molar-refractivity contribution in [2.75, 3.05) is 7.11 Å². The normalized spacial score (nSPS) is 11.2. The van der Waals surface area contributed by atoms with Gasteiger partial charge in [-0.05, 0) is 29.3 Å². The highest BCUT2D eigenvalue weighted by molar-refractivity contribution is 5.78. The van der Waals surface area contributed by atoms with E-state index in [-0.39, 0.29) is 0 Å². The molecule has 0 N–H and O–H groups in total. The summed E-state index contributed by atoms with van der Waals surface area (Å²) >= 11 is 0. The zero-order valence-corrected chi connectivity index (χ0v) is 11.0. The summed E-state index contributed by atoms with van der Waals surface area (Å²) in [6.07, 6.45) is 5.83. The predicted molar refractivity (Wildman–Crippen MR) is 80.7 cm³/mol. The summed E-state index contributed by atoms with van der Waals surface area (Å²) in [4.78, 5) is 4.36. The van der Waals surface area contributed by atoms with Gasteiger partial charge in [0.05, 0.1) is 13.7 Å². The van der Waals surface area contributed by atoms with E-state index >= 15 is 0 Å². The average Bonchev–Trinajstić information content (AvgIpc) is 2.49. The number of allylic oxidation sites excluding steroid dienone is 1. The highest BCUT2D eigenvalue weighted by atomic mass is 16.5. The van der Waals surface area contributed by atoms with Gasteiger partial charge in [0.1, 0.15) is 5.75 Å². The van der Waals surface area contributed by atoms with Crippen LogP contribution in [0.1, 0.15) is 11.1 Å². The molecular formula is C17H17NO. The molecule has 0 amide bonds. The first-order valence-electron chi connectivity index (χ1n) is 6.23. The third-order valence-corrected chi connectivity index (χ3v) is 2.71. The molecule has 0 radical (unpaired) electrons. The predicted octanol–water partition coefficient (Wildman–Crippen LogP) is 3.98. The molecule has 0 saturated heterocycles. The molecule has 0 unspecified atom stereocenters. The fourth-order valence-corrected chi connectivity index (χ4v) is 1.67. The minimum Gasteiger partial charge on any atom is -0.497 e. The minimum absolute atomic E-state index is 0.684. The summed E-state index contributed by atoms with van der Waals surface area (Å²) in [6, 6.07) is 18.1. The Labute approximate surface area is 114 Å². The Bertz CT molecular complexity index is 541. The molecule has 2 rings (SSSR count).